The maximum Gasteiger partial charge on any atom is 0.387 e. The Hall–Kier alpha value is -1.36. The molecule has 0 fully saturated rings. The molecule has 3 nitrogen and oxygen atoms in total. The van der Waals surface area contributed by atoms with Crippen molar-refractivity contribution in [2.45, 2.75) is 12.0 Å². The molecule has 94 valence electrons. The van der Waals surface area contributed by atoms with E-state index in [-0.39, 0.29) is 11.7 Å². The van der Waals surface area contributed by atoms with E-state index >= 15 is 0 Å². The Bertz CT molecular complexity index is 382. The highest BCUT2D eigenvalue weighted by atomic mass is 35.5. The van der Waals surface area contributed by atoms with Crippen LogP contribution in [0.25, 0.3) is 0 Å². The predicted molar refractivity (Wildman–Crippen MR) is 60.4 cm³/mol. The summed E-state index contributed by atoms with van der Waals surface area (Å²) in [6, 6.07) is 5.66. The lowest BCUT2D eigenvalue weighted by atomic mass is 10.1. The lowest BCUT2D eigenvalue weighted by molar-refractivity contribution is -0.128. The fourth-order valence-corrected chi connectivity index (χ4v) is 1.53. The third kappa shape index (κ3) is 3.85. The van der Waals surface area contributed by atoms with Gasteiger partial charge in [-0.15, -0.1) is 11.6 Å². The summed E-state index contributed by atoms with van der Waals surface area (Å²) in [5, 5.41) is -0.828. The number of nitrogens with zero attached hydrogens (tertiary/aromatic N) is 1. The number of ether oxygens (including phenoxy) is 1. The van der Waals surface area contributed by atoms with Gasteiger partial charge in [-0.2, -0.15) is 8.78 Å². The summed E-state index contributed by atoms with van der Waals surface area (Å²) in [6.45, 7) is -2.86. The Kier molecular flexibility index (Phi) is 4.69. The average molecular weight is 264 g/mol. The summed E-state index contributed by atoms with van der Waals surface area (Å²) in [5.74, 6) is -0.237. The van der Waals surface area contributed by atoms with Crippen LogP contribution in [0.2, 0.25) is 0 Å². The Morgan fingerprint density at radius 2 is 1.82 bits per heavy atom. The summed E-state index contributed by atoms with van der Waals surface area (Å²) in [7, 11) is 3.18. The number of hydrogen-bond donors (Lipinski definition) is 0. The highest BCUT2D eigenvalue weighted by Gasteiger charge is 2.19. The maximum absolute atomic E-state index is 11.9. The molecule has 0 heterocycles. The smallest absolute Gasteiger partial charge is 0.387 e. The number of benzene rings is 1. The van der Waals surface area contributed by atoms with Gasteiger partial charge in [0.15, 0.2) is 0 Å². The van der Waals surface area contributed by atoms with Gasteiger partial charge >= 0.3 is 6.61 Å². The predicted octanol–water partition coefficient (Wildman–Crippen LogP) is 2.66. The standard InChI is InChI=1S/C11H12ClF2NO2/c1-15(2)10(16)9(12)7-3-5-8(6-4-7)17-11(13)14/h3-6,9,11H,1-2H3. The van der Waals surface area contributed by atoms with Crippen LogP contribution in [0, 0.1) is 0 Å². The summed E-state index contributed by atoms with van der Waals surface area (Å²) in [4.78, 5) is 12.9. The highest BCUT2D eigenvalue weighted by Crippen LogP contribution is 2.24. The van der Waals surface area contributed by atoms with E-state index in [4.69, 9.17) is 11.6 Å². The van der Waals surface area contributed by atoms with Gasteiger partial charge in [0, 0.05) is 14.1 Å². The first-order chi connectivity index (χ1) is 7.91. The van der Waals surface area contributed by atoms with Crippen LogP contribution >= 0.6 is 11.6 Å². The minimum Gasteiger partial charge on any atom is -0.435 e. The fraction of sp³-hybridized carbons (Fsp3) is 0.364. The van der Waals surface area contributed by atoms with E-state index in [2.05, 4.69) is 4.74 Å². The lowest BCUT2D eigenvalue weighted by Crippen LogP contribution is -2.25. The van der Waals surface area contributed by atoms with Crippen LogP contribution in [0.15, 0.2) is 24.3 Å². The quantitative estimate of drug-likeness (QED) is 0.782. The van der Waals surface area contributed by atoms with Gasteiger partial charge in [0.05, 0.1) is 0 Å². The molecule has 1 aromatic carbocycles. The number of hydrogen-bond acceptors (Lipinski definition) is 2. The van der Waals surface area contributed by atoms with E-state index in [1.165, 1.54) is 29.2 Å². The summed E-state index contributed by atoms with van der Waals surface area (Å²) in [5.41, 5.74) is 0.534. The Balaban J connectivity index is 2.77. The van der Waals surface area contributed by atoms with Gasteiger partial charge in [-0.05, 0) is 17.7 Å². The largest absolute Gasteiger partial charge is 0.435 e. The molecule has 1 atom stereocenters. The SMILES string of the molecule is CN(C)C(=O)C(Cl)c1ccc(OC(F)F)cc1. The zero-order valence-electron chi connectivity index (χ0n) is 9.36. The van der Waals surface area contributed by atoms with Crippen molar-refractivity contribution in [1.29, 1.82) is 0 Å². The zero-order chi connectivity index (χ0) is 13.0. The first-order valence-electron chi connectivity index (χ1n) is 4.82. The summed E-state index contributed by atoms with van der Waals surface area (Å²) < 4.78 is 28.0. The number of alkyl halides is 3. The van der Waals surface area contributed by atoms with Gasteiger partial charge in [0.25, 0.3) is 0 Å². The van der Waals surface area contributed by atoms with Crippen molar-refractivity contribution >= 4 is 17.5 Å². The molecule has 0 spiro atoms. The molecule has 0 aromatic heterocycles. The molecule has 1 rings (SSSR count). The minimum atomic E-state index is -2.86. The van der Waals surface area contributed by atoms with Crippen molar-refractivity contribution in [3.8, 4) is 5.75 Å². The maximum atomic E-state index is 11.9. The van der Waals surface area contributed by atoms with Crippen molar-refractivity contribution in [1.82, 2.24) is 4.90 Å². The van der Waals surface area contributed by atoms with Crippen molar-refractivity contribution in [2.24, 2.45) is 0 Å². The van der Waals surface area contributed by atoms with Crippen LogP contribution in [-0.2, 0) is 4.79 Å². The van der Waals surface area contributed by atoms with Gasteiger partial charge in [-0.25, -0.2) is 0 Å². The van der Waals surface area contributed by atoms with Gasteiger partial charge in [0.1, 0.15) is 11.1 Å². The minimum absolute atomic E-state index is 0.0323. The van der Waals surface area contributed by atoms with Crippen LogP contribution in [0.4, 0.5) is 8.78 Å². The molecular formula is C11H12ClF2NO2. The molecule has 0 aliphatic rings. The second kappa shape index (κ2) is 5.82. The third-order valence-electron chi connectivity index (χ3n) is 2.06. The summed E-state index contributed by atoms with van der Waals surface area (Å²) in [6.07, 6.45) is 0. The molecule has 0 saturated heterocycles. The monoisotopic (exact) mass is 263 g/mol. The molecule has 0 saturated carbocycles. The van der Waals surface area contributed by atoms with Gasteiger partial charge in [0.2, 0.25) is 5.91 Å². The van der Waals surface area contributed by atoms with Crippen LogP contribution in [0.1, 0.15) is 10.9 Å². The average Bonchev–Trinajstić information content (AvgIpc) is 2.27. The fourth-order valence-electron chi connectivity index (χ4n) is 1.19. The first kappa shape index (κ1) is 13.7. The van der Waals surface area contributed by atoms with E-state index in [1.54, 1.807) is 14.1 Å². The van der Waals surface area contributed by atoms with Crippen molar-refractivity contribution in [2.75, 3.05) is 14.1 Å². The molecule has 1 unspecified atom stereocenters. The van der Waals surface area contributed by atoms with E-state index in [0.29, 0.717) is 5.56 Å². The highest BCUT2D eigenvalue weighted by molar-refractivity contribution is 6.30. The number of carbonyl (C=O) groups excluding carboxylic acids is 1. The van der Waals surface area contributed by atoms with E-state index in [1.807, 2.05) is 0 Å². The second-order valence-electron chi connectivity index (χ2n) is 3.54. The molecule has 0 N–H and O–H groups in total. The van der Waals surface area contributed by atoms with Crippen LogP contribution in [0.3, 0.4) is 0 Å². The van der Waals surface area contributed by atoms with E-state index < -0.39 is 12.0 Å². The molecule has 6 heteroatoms. The molecular weight excluding hydrogens is 252 g/mol. The van der Waals surface area contributed by atoms with Gasteiger partial charge < -0.3 is 9.64 Å². The molecule has 0 aliphatic carbocycles. The zero-order valence-corrected chi connectivity index (χ0v) is 10.1. The number of rotatable bonds is 4. The number of carbonyl (C=O) groups is 1. The molecule has 1 aromatic rings. The van der Waals surface area contributed by atoms with E-state index in [9.17, 15) is 13.6 Å². The number of amides is 1. The van der Waals surface area contributed by atoms with Crippen molar-refractivity contribution in [3.05, 3.63) is 29.8 Å². The molecule has 0 aliphatic heterocycles. The molecule has 1 amide bonds. The first-order valence-corrected chi connectivity index (χ1v) is 5.25. The Morgan fingerprint density at radius 1 is 1.29 bits per heavy atom. The molecule has 17 heavy (non-hydrogen) atoms. The Morgan fingerprint density at radius 3 is 2.24 bits per heavy atom. The Labute approximate surface area is 103 Å². The van der Waals surface area contributed by atoms with Crippen molar-refractivity contribution < 1.29 is 18.3 Å². The van der Waals surface area contributed by atoms with Crippen molar-refractivity contribution in [3.63, 3.8) is 0 Å². The van der Waals surface area contributed by atoms with Crippen LogP contribution in [0.5, 0.6) is 5.75 Å². The van der Waals surface area contributed by atoms with E-state index in [0.717, 1.165) is 0 Å². The lowest BCUT2D eigenvalue weighted by Gasteiger charge is -2.15. The van der Waals surface area contributed by atoms with Crippen LogP contribution < -0.4 is 4.74 Å². The van der Waals surface area contributed by atoms with Gasteiger partial charge in [-0.3, -0.25) is 4.79 Å². The molecule has 0 radical (unpaired) electrons. The third-order valence-corrected chi connectivity index (χ3v) is 2.49. The normalized spacial score (nSPS) is 12.4. The van der Waals surface area contributed by atoms with Crippen LogP contribution in [-0.4, -0.2) is 31.5 Å². The topological polar surface area (TPSA) is 29.5 Å². The number of likely N-dealkylation sites (N-methyl/N-ethyl adjacent to an activating group) is 1. The summed E-state index contributed by atoms with van der Waals surface area (Å²) >= 11 is 5.93. The van der Waals surface area contributed by atoms with Gasteiger partial charge in [-0.1, -0.05) is 12.1 Å². The number of halogens is 3. The molecule has 0 bridgehead atoms. The second-order valence-corrected chi connectivity index (χ2v) is 3.98.